The molecule has 0 amide bonds. The van der Waals surface area contributed by atoms with Crippen LogP contribution in [0.25, 0.3) is 0 Å². The number of aryl methyl sites for hydroxylation is 1. The smallest absolute Gasteiger partial charge is 0.191 e. The number of nitrogens with one attached hydrogen (secondary N) is 2. The molecule has 110 valence electrons. The number of nitrogen functional groups attached to an aromatic ring is 1. The zero-order valence-electron chi connectivity index (χ0n) is 12.0. The molecule has 1 aromatic carbocycles. The van der Waals surface area contributed by atoms with E-state index in [9.17, 15) is 0 Å². The van der Waals surface area contributed by atoms with Gasteiger partial charge in [-0.2, -0.15) is 0 Å². The zero-order chi connectivity index (χ0) is 14.7. The number of fused-ring (bicyclic) bond motifs is 1. The highest BCUT2D eigenvalue weighted by Gasteiger charge is 2.13. The van der Waals surface area contributed by atoms with Crippen molar-refractivity contribution in [1.82, 2.24) is 9.97 Å². The molecule has 0 bridgehead atoms. The fourth-order valence-corrected chi connectivity index (χ4v) is 3.07. The first kappa shape index (κ1) is 14.2. The molecular weight excluding hydrogens is 282 g/mol. The molecule has 21 heavy (non-hydrogen) atoms. The fraction of sp³-hybridized carbons (Fsp3) is 0.333. The molecule has 2 aromatic rings. The van der Waals surface area contributed by atoms with Crippen LogP contribution in [0, 0.1) is 0 Å². The van der Waals surface area contributed by atoms with Gasteiger partial charge in [0.2, 0.25) is 0 Å². The van der Waals surface area contributed by atoms with E-state index < -0.39 is 0 Å². The van der Waals surface area contributed by atoms with Gasteiger partial charge in [-0.15, -0.1) is 0 Å². The third-order valence-corrected chi connectivity index (χ3v) is 4.24. The first-order chi connectivity index (χ1) is 10.3. The van der Waals surface area contributed by atoms with Crippen molar-refractivity contribution in [2.45, 2.75) is 30.8 Å². The molecule has 3 rings (SSSR count). The first-order valence-electron chi connectivity index (χ1n) is 7.07. The van der Waals surface area contributed by atoms with Gasteiger partial charge in [0, 0.05) is 11.8 Å². The van der Waals surface area contributed by atoms with Gasteiger partial charge in [0.25, 0.3) is 0 Å². The van der Waals surface area contributed by atoms with Gasteiger partial charge in [-0.1, -0.05) is 23.9 Å². The number of nitrogens with zero attached hydrogens (tertiary/aromatic N) is 2. The highest BCUT2D eigenvalue weighted by atomic mass is 32.2. The van der Waals surface area contributed by atoms with Crippen molar-refractivity contribution in [3.05, 3.63) is 35.4 Å². The van der Waals surface area contributed by atoms with Crippen LogP contribution >= 0.6 is 11.8 Å². The lowest BCUT2D eigenvalue weighted by atomic mass is 9.90. The topological polar surface area (TPSA) is 75.9 Å². The van der Waals surface area contributed by atoms with Crippen molar-refractivity contribution in [3.63, 3.8) is 0 Å². The van der Waals surface area contributed by atoms with E-state index >= 15 is 0 Å². The lowest BCUT2D eigenvalue weighted by Crippen LogP contribution is -2.11. The minimum Gasteiger partial charge on any atom is -0.340 e. The Morgan fingerprint density at radius 2 is 1.95 bits per heavy atom. The van der Waals surface area contributed by atoms with Crippen LogP contribution in [0.4, 0.5) is 17.3 Å². The van der Waals surface area contributed by atoms with Gasteiger partial charge in [-0.3, -0.25) is 0 Å². The van der Waals surface area contributed by atoms with Crippen molar-refractivity contribution >= 4 is 29.1 Å². The highest BCUT2D eigenvalue weighted by Crippen LogP contribution is 2.30. The van der Waals surface area contributed by atoms with Crippen LogP contribution < -0.4 is 16.6 Å². The standard InChI is InChI=1S/C15H19N5S/c1-21-15-18-13(9-14(19-15)20-16)17-12-8-4-6-10-5-2-3-7-11(10)12/h4,6,8-9H,2-3,5,7,16H2,1H3,(H2,17,18,19,20). The maximum atomic E-state index is 5.47. The number of nitrogens with two attached hydrogens (primary N) is 1. The Hall–Kier alpha value is -1.79. The Labute approximate surface area is 128 Å². The molecule has 0 spiro atoms. The van der Waals surface area contributed by atoms with Gasteiger partial charge in [0.15, 0.2) is 5.16 Å². The molecule has 0 atom stereocenters. The van der Waals surface area contributed by atoms with Gasteiger partial charge in [-0.25, -0.2) is 15.8 Å². The minimum atomic E-state index is 0.613. The van der Waals surface area contributed by atoms with E-state index in [1.54, 1.807) is 0 Å². The van der Waals surface area contributed by atoms with Gasteiger partial charge >= 0.3 is 0 Å². The number of anilines is 3. The van der Waals surface area contributed by atoms with E-state index in [1.165, 1.54) is 42.2 Å². The van der Waals surface area contributed by atoms with E-state index in [-0.39, 0.29) is 0 Å². The van der Waals surface area contributed by atoms with Crippen LogP contribution in [0.3, 0.4) is 0 Å². The van der Waals surface area contributed by atoms with E-state index in [0.717, 1.165) is 17.9 Å². The average molecular weight is 301 g/mol. The van der Waals surface area contributed by atoms with E-state index in [4.69, 9.17) is 5.84 Å². The number of rotatable bonds is 4. The molecule has 1 aliphatic carbocycles. The Kier molecular flexibility index (Phi) is 4.26. The van der Waals surface area contributed by atoms with Gasteiger partial charge < -0.3 is 10.7 Å². The zero-order valence-corrected chi connectivity index (χ0v) is 12.8. The number of aromatic nitrogens is 2. The third-order valence-electron chi connectivity index (χ3n) is 3.69. The van der Waals surface area contributed by atoms with E-state index in [0.29, 0.717) is 11.0 Å². The maximum absolute atomic E-state index is 5.47. The number of hydrogen-bond acceptors (Lipinski definition) is 6. The van der Waals surface area contributed by atoms with Crippen molar-refractivity contribution in [1.29, 1.82) is 0 Å². The summed E-state index contributed by atoms with van der Waals surface area (Å²) in [5, 5.41) is 4.11. The Bertz CT molecular complexity index is 622. The summed E-state index contributed by atoms with van der Waals surface area (Å²) >= 11 is 1.49. The van der Waals surface area contributed by atoms with Crippen molar-refractivity contribution in [3.8, 4) is 0 Å². The minimum absolute atomic E-state index is 0.613. The normalized spacial score (nSPS) is 13.6. The van der Waals surface area contributed by atoms with Crippen LogP contribution in [0.15, 0.2) is 29.4 Å². The molecule has 4 N–H and O–H groups in total. The second-order valence-corrected chi connectivity index (χ2v) is 5.82. The van der Waals surface area contributed by atoms with Crippen LogP contribution in [-0.2, 0) is 12.8 Å². The van der Waals surface area contributed by atoms with Crippen LogP contribution in [0.2, 0.25) is 0 Å². The highest BCUT2D eigenvalue weighted by molar-refractivity contribution is 7.98. The summed E-state index contributed by atoms with van der Waals surface area (Å²) in [6, 6.07) is 8.26. The lowest BCUT2D eigenvalue weighted by molar-refractivity contribution is 0.687. The fourth-order valence-electron chi connectivity index (χ4n) is 2.69. The number of hydrazine groups is 1. The number of thioether (sulfide) groups is 1. The summed E-state index contributed by atoms with van der Waals surface area (Å²) in [4.78, 5) is 8.76. The van der Waals surface area contributed by atoms with Crippen LogP contribution in [0.1, 0.15) is 24.0 Å². The number of benzene rings is 1. The molecule has 6 heteroatoms. The second kappa shape index (κ2) is 6.32. The van der Waals surface area contributed by atoms with Crippen molar-refractivity contribution in [2.24, 2.45) is 5.84 Å². The predicted octanol–water partition coefficient (Wildman–Crippen LogP) is 3.11. The van der Waals surface area contributed by atoms with Gasteiger partial charge in [0.1, 0.15) is 11.6 Å². The Morgan fingerprint density at radius 1 is 1.14 bits per heavy atom. The maximum Gasteiger partial charge on any atom is 0.191 e. The van der Waals surface area contributed by atoms with Crippen molar-refractivity contribution < 1.29 is 0 Å². The summed E-state index contributed by atoms with van der Waals surface area (Å²) in [5.41, 5.74) is 6.58. The first-order valence-corrected chi connectivity index (χ1v) is 8.30. The van der Waals surface area contributed by atoms with Crippen molar-refractivity contribution in [2.75, 3.05) is 17.0 Å². The SMILES string of the molecule is CSc1nc(NN)cc(Nc2cccc3c2CCCC3)n1. The summed E-state index contributed by atoms with van der Waals surface area (Å²) in [6.45, 7) is 0. The monoisotopic (exact) mass is 301 g/mol. The molecule has 5 nitrogen and oxygen atoms in total. The van der Waals surface area contributed by atoms with Gasteiger partial charge in [-0.05, 0) is 49.1 Å². The molecule has 1 aliphatic rings. The number of hydrogen-bond donors (Lipinski definition) is 3. The lowest BCUT2D eigenvalue weighted by Gasteiger charge is -2.20. The summed E-state index contributed by atoms with van der Waals surface area (Å²) in [7, 11) is 0. The summed E-state index contributed by atoms with van der Waals surface area (Å²) in [5.74, 6) is 6.85. The molecule has 0 radical (unpaired) electrons. The summed E-state index contributed by atoms with van der Waals surface area (Å²) in [6.07, 6.45) is 6.77. The van der Waals surface area contributed by atoms with E-state index in [2.05, 4.69) is 38.9 Å². The largest absolute Gasteiger partial charge is 0.340 e. The summed E-state index contributed by atoms with van der Waals surface area (Å²) < 4.78 is 0. The predicted molar refractivity (Wildman–Crippen MR) is 88.0 cm³/mol. The molecular formula is C15H19N5S. The molecule has 0 aliphatic heterocycles. The Morgan fingerprint density at radius 3 is 2.76 bits per heavy atom. The van der Waals surface area contributed by atoms with E-state index in [1.807, 2.05) is 12.3 Å². The average Bonchev–Trinajstić information content (AvgIpc) is 2.55. The Balaban J connectivity index is 1.93. The molecule has 1 aromatic heterocycles. The molecule has 0 saturated carbocycles. The third kappa shape index (κ3) is 3.11. The molecule has 1 heterocycles. The molecule has 0 unspecified atom stereocenters. The quantitative estimate of drug-likeness (QED) is 0.349. The molecule has 0 saturated heterocycles. The molecule has 0 fully saturated rings. The van der Waals surface area contributed by atoms with Gasteiger partial charge in [0.05, 0.1) is 0 Å². The second-order valence-electron chi connectivity index (χ2n) is 5.04. The van der Waals surface area contributed by atoms with Crippen LogP contribution in [-0.4, -0.2) is 16.2 Å². The van der Waals surface area contributed by atoms with Crippen LogP contribution in [0.5, 0.6) is 0 Å².